The molecule has 0 atom stereocenters. The van der Waals surface area contributed by atoms with Crippen LogP contribution in [0.25, 0.3) is 0 Å². The fraction of sp³-hybridized carbons (Fsp3) is 0.250. The number of anilines is 1. The molecule has 0 aliphatic heterocycles. The molecule has 0 aliphatic carbocycles. The van der Waals surface area contributed by atoms with Gasteiger partial charge in [0.2, 0.25) is 0 Å². The van der Waals surface area contributed by atoms with Crippen LogP contribution in [0.5, 0.6) is 0 Å². The summed E-state index contributed by atoms with van der Waals surface area (Å²) >= 11 is 7.50. The third-order valence-corrected chi connectivity index (χ3v) is 3.33. The maximum Gasteiger partial charge on any atom is 0.292 e. The van der Waals surface area contributed by atoms with Crippen molar-refractivity contribution in [1.82, 2.24) is 14.8 Å². The summed E-state index contributed by atoms with van der Waals surface area (Å²) in [6.07, 6.45) is 7.30. The van der Waals surface area contributed by atoms with Crippen molar-refractivity contribution in [2.24, 2.45) is 0 Å². The normalized spacial score (nSPS) is 10.1. The van der Waals surface area contributed by atoms with Crippen molar-refractivity contribution in [1.29, 1.82) is 0 Å². The number of hydrogen-bond donors (Lipinski definition) is 1. The number of nitrogens with one attached hydrogen (secondary N) is 1. The summed E-state index contributed by atoms with van der Waals surface area (Å²) in [5.74, 6) is 2.37. The van der Waals surface area contributed by atoms with Gasteiger partial charge in [-0.25, -0.2) is 9.67 Å². The summed E-state index contributed by atoms with van der Waals surface area (Å²) in [7, 11) is 0. The van der Waals surface area contributed by atoms with Crippen LogP contribution in [-0.4, -0.2) is 21.3 Å². The Kier molecular flexibility index (Phi) is 4.55. The molecule has 19 heavy (non-hydrogen) atoms. The van der Waals surface area contributed by atoms with Gasteiger partial charge in [-0.1, -0.05) is 17.5 Å². The second kappa shape index (κ2) is 6.36. The molecular weight excluding hydrogens is 284 g/mol. The third-order valence-electron chi connectivity index (χ3n) is 2.41. The Hall–Kier alpha value is -1.84. The predicted molar refractivity (Wildman–Crippen MR) is 76.6 cm³/mol. The Morgan fingerprint density at radius 1 is 1.58 bits per heavy atom. The second-order valence-corrected chi connectivity index (χ2v) is 4.82. The zero-order chi connectivity index (χ0) is 13.7. The van der Waals surface area contributed by atoms with Gasteiger partial charge >= 0.3 is 0 Å². The van der Waals surface area contributed by atoms with Crippen LogP contribution in [0.1, 0.15) is 5.69 Å². The highest BCUT2D eigenvalue weighted by Crippen LogP contribution is 2.15. The van der Waals surface area contributed by atoms with Crippen LogP contribution in [0.4, 0.5) is 5.69 Å². The average Bonchev–Trinajstić information content (AvgIpc) is 2.90. The molecule has 2 aromatic rings. The predicted octanol–water partition coefficient (Wildman–Crippen LogP) is 1.64. The molecule has 1 N–H and O–H groups in total. The first-order valence-corrected chi connectivity index (χ1v) is 6.84. The number of rotatable bonds is 5. The standard InChI is InChI=1S/C12H11ClN4OS/c1-2-5-17-12(18)11(10(13)6-16-17)14-4-3-9-7-19-8-15-9/h1,6-8,14H,3-5H2. The Labute approximate surface area is 119 Å². The first-order chi connectivity index (χ1) is 9.22. The van der Waals surface area contributed by atoms with Gasteiger partial charge in [-0.2, -0.15) is 5.10 Å². The zero-order valence-electron chi connectivity index (χ0n) is 9.97. The van der Waals surface area contributed by atoms with E-state index in [1.54, 1.807) is 5.51 Å². The van der Waals surface area contributed by atoms with Gasteiger partial charge in [0, 0.05) is 18.3 Å². The van der Waals surface area contributed by atoms with Gasteiger partial charge in [0.1, 0.15) is 12.2 Å². The molecule has 7 heteroatoms. The lowest BCUT2D eigenvalue weighted by atomic mass is 10.3. The van der Waals surface area contributed by atoms with E-state index >= 15 is 0 Å². The van der Waals surface area contributed by atoms with E-state index in [4.69, 9.17) is 18.0 Å². The molecule has 2 heterocycles. The van der Waals surface area contributed by atoms with Gasteiger partial charge in [0.15, 0.2) is 0 Å². The van der Waals surface area contributed by atoms with E-state index in [1.807, 2.05) is 5.38 Å². The molecule has 0 saturated heterocycles. The molecule has 0 fully saturated rings. The van der Waals surface area contributed by atoms with E-state index in [1.165, 1.54) is 22.2 Å². The highest BCUT2D eigenvalue weighted by molar-refractivity contribution is 7.07. The summed E-state index contributed by atoms with van der Waals surface area (Å²) in [6.45, 7) is 0.690. The van der Waals surface area contributed by atoms with E-state index in [0.29, 0.717) is 12.2 Å². The van der Waals surface area contributed by atoms with E-state index in [0.717, 1.165) is 12.1 Å². The number of hydrogen-bond acceptors (Lipinski definition) is 5. The number of thiazole rings is 1. The molecule has 0 aromatic carbocycles. The monoisotopic (exact) mass is 294 g/mol. The topological polar surface area (TPSA) is 59.8 Å². The van der Waals surface area contributed by atoms with Crippen LogP contribution in [0, 0.1) is 12.3 Å². The SMILES string of the molecule is C#CCn1ncc(Cl)c(NCCc2cscn2)c1=O. The van der Waals surface area contributed by atoms with Gasteiger partial charge in [-0.3, -0.25) is 4.79 Å². The Morgan fingerprint density at radius 2 is 2.42 bits per heavy atom. The molecule has 5 nitrogen and oxygen atoms in total. The molecule has 0 aliphatic rings. The molecule has 2 rings (SSSR count). The van der Waals surface area contributed by atoms with Gasteiger partial charge < -0.3 is 5.32 Å². The minimum absolute atomic E-state index is 0.122. The first-order valence-electron chi connectivity index (χ1n) is 5.52. The van der Waals surface area contributed by atoms with Crippen molar-refractivity contribution in [3.63, 3.8) is 0 Å². The van der Waals surface area contributed by atoms with Crippen molar-refractivity contribution >= 4 is 28.6 Å². The van der Waals surface area contributed by atoms with Gasteiger partial charge in [0.05, 0.1) is 22.4 Å². The van der Waals surface area contributed by atoms with E-state index in [9.17, 15) is 4.79 Å². The van der Waals surface area contributed by atoms with Gasteiger partial charge in [0.25, 0.3) is 5.56 Å². The lowest BCUT2D eigenvalue weighted by Gasteiger charge is -2.08. The maximum atomic E-state index is 12.0. The molecular formula is C12H11ClN4OS. The number of nitrogens with zero attached hydrogens (tertiary/aromatic N) is 3. The van der Waals surface area contributed by atoms with Crippen LogP contribution >= 0.6 is 22.9 Å². The van der Waals surface area contributed by atoms with Crippen LogP contribution in [-0.2, 0) is 13.0 Å². The van der Waals surface area contributed by atoms with Gasteiger partial charge in [-0.15, -0.1) is 17.8 Å². The van der Waals surface area contributed by atoms with Gasteiger partial charge in [-0.05, 0) is 0 Å². The molecule has 0 saturated carbocycles. The Balaban J connectivity index is 2.09. The summed E-state index contributed by atoms with van der Waals surface area (Å²) in [6, 6.07) is 0. The maximum absolute atomic E-state index is 12.0. The Bertz CT molecular complexity index is 645. The highest BCUT2D eigenvalue weighted by atomic mass is 35.5. The van der Waals surface area contributed by atoms with Crippen molar-refractivity contribution in [3.8, 4) is 12.3 Å². The third kappa shape index (κ3) is 3.34. The number of terminal acetylenes is 1. The first kappa shape index (κ1) is 13.6. The number of halogens is 1. The quantitative estimate of drug-likeness (QED) is 0.852. The van der Waals surface area contributed by atoms with Crippen LogP contribution in [0.15, 0.2) is 21.9 Å². The summed E-state index contributed by atoms with van der Waals surface area (Å²) in [5, 5.41) is 9.13. The zero-order valence-corrected chi connectivity index (χ0v) is 11.5. The summed E-state index contributed by atoms with van der Waals surface area (Å²) in [5.41, 5.74) is 2.76. The fourth-order valence-corrected chi connectivity index (χ4v) is 2.29. The summed E-state index contributed by atoms with van der Waals surface area (Å²) < 4.78 is 1.19. The van der Waals surface area contributed by atoms with Crippen LogP contribution < -0.4 is 10.9 Å². The Morgan fingerprint density at radius 3 is 3.11 bits per heavy atom. The molecule has 0 bridgehead atoms. The summed E-state index contributed by atoms with van der Waals surface area (Å²) in [4.78, 5) is 16.2. The smallest absolute Gasteiger partial charge is 0.292 e. The largest absolute Gasteiger partial charge is 0.379 e. The fourth-order valence-electron chi connectivity index (χ4n) is 1.50. The molecule has 2 aromatic heterocycles. The van der Waals surface area contributed by atoms with Crippen molar-refractivity contribution < 1.29 is 0 Å². The lowest BCUT2D eigenvalue weighted by Crippen LogP contribution is -2.26. The minimum atomic E-state index is -0.316. The second-order valence-electron chi connectivity index (χ2n) is 3.69. The number of aromatic nitrogens is 3. The molecule has 0 spiro atoms. The van der Waals surface area contributed by atoms with Crippen molar-refractivity contribution in [3.05, 3.63) is 38.2 Å². The lowest BCUT2D eigenvalue weighted by molar-refractivity contribution is 0.664. The molecule has 0 amide bonds. The molecule has 98 valence electrons. The minimum Gasteiger partial charge on any atom is -0.379 e. The van der Waals surface area contributed by atoms with Crippen LogP contribution in [0.3, 0.4) is 0 Å². The van der Waals surface area contributed by atoms with E-state index in [-0.39, 0.29) is 17.1 Å². The van der Waals surface area contributed by atoms with E-state index in [2.05, 4.69) is 21.3 Å². The van der Waals surface area contributed by atoms with Crippen molar-refractivity contribution in [2.75, 3.05) is 11.9 Å². The van der Waals surface area contributed by atoms with Crippen molar-refractivity contribution in [2.45, 2.75) is 13.0 Å². The average molecular weight is 295 g/mol. The van der Waals surface area contributed by atoms with Crippen LogP contribution in [0.2, 0.25) is 5.02 Å². The molecule has 0 radical (unpaired) electrons. The highest BCUT2D eigenvalue weighted by Gasteiger charge is 2.09. The molecule has 0 unspecified atom stereocenters. The van der Waals surface area contributed by atoms with E-state index < -0.39 is 0 Å².